The molecule has 0 unspecified atom stereocenters. The number of para-hydroxylation sites is 1. The zero-order valence-electron chi connectivity index (χ0n) is 9.32. The molecule has 3 heteroatoms. The summed E-state index contributed by atoms with van der Waals surface area (Å²) in [5.41, 5.74) is 1.73. The van der Waals surface area contributed by atoms with Crippen LogP contribution in [0.4, 0.5) is 0 Å². The van der Waals surface area contributed by atoms with Gasteiger partial charge in [0.1, 0.15) is 5.75 Å². The summed E-state index contributed by atoms with van der Waals surface area (Å²) in [5.74, 6) is -0.0949. The largest absolute Gasteiger partial charge is 0.506 e. The van der Waals surface area contributed by atoms with Crippen molar-refractivity contribution >= 4 is 16.7 Å². The van der Waals surface area contributed by atoms with Crippen molar-refractivity contribution in [2.45, 2.75) is 20.3 Å². The van der Waals surface area contributed by atoms with Crippen LogP contribution in [0.5, 0.6) is 5.75 Å². The molecule has 0 fully saturated rings. The molecule has 0 bridgehead atoms. The molecule has 3 nitrogen and oxygen atoms in total. The van der Waals surface area contributed by atoms with E-state index in [0.29, 0.717) is 23.1 Å². The van der Waals surface area contributed by atoms with Gasteiger partial charge in [-0.15, -0.1) is 0 Å². The van der Waals surface area contributed by atoms with Gasteiger partial charge in [0.05, 0.1) is 16.8 Å². The molecule has 1 aromatic carbocycles. The second-order valence-corrected chi connectivity index (χ2v) is 3.71. The van der Waals surface area contributed by atoms with Crippen LogP contribution in [0.1, 0.15) is 29.9 Å². The summed E-state index contributed by atoms with van der Waals surface area (Å²) >= 11 is 0. The van der Waals surface area contributed by atoms with Crippen LogP contribution < -0.4 is 0 Å². The molecule has 2 rings (SSSR count). The van der Waals surface area contributed by atoms with Gasteiger partial charge >= 0.3 is 0 Å². The van der Waals surface area contributed by atoms with Crippen LogP contribution in [-0.4, -0.2) is 15.9 Å². The monoisotopic (exact) mass is 215 g/mol. The first kappa shape index (κ1) is 10.6. The molecule has 0 spiro atoms. The van der Waals surface area contributed by atoms with E-state index < -0.39 is 0 Å². The van der Waals surface area contributed by atoms with E-state index in [0.717, 1.165) is 5.52 Å². The lowest BCUT2D eigenvalue weighted by molar-refractivity contribution is 0.101. The first-order chi connectivity index (χ1) is 7.65. The lowest BCUT2D eigenvalue weighted by Crippen LogP contribution is -2.03. The van der Waals surface area contributed by atoms with Gasteiger partial charge in [-0.05, 0) is 25.5 Å². The number of carbonyl (C=O) groups is 1. The highest BCUT2D eigenvalue weighted by Gasteiger charge is 2.16. The van der Waals surface area contributed by atoms with Crippen LogP contribution in [0.25, 0.3) is 10.9 Å². The molecule has 0 aliphatic rings. The molecule has 2 aromatic rings. The zero-order valence-corrected chi connectivity index (χ0v) is 9.32. The Hall–Kier alpha value is -1.90. The third kappa shape index (κ3) is 1.54. The van der Waals surface area contributed by atoms with E-state index in [1.807, 2.05) is 25.1 Å². The van der Waals surface area contributed by atoms with Crippen LogP contribution in [0, 0.1) is 0 Å². The second-order valence-electron chi connectivity index (χ2n) is 3.71. The highest BCUT2D eigenvalue weighted by Crippen LogP contribution is 2.30. The number of hydrogen-bond acceptors (Lipinski definition) is 3. The van der Waals surface area contributed by atoms with E-state index in [9.17, 15) is 9.90 Å². The second kappa shape index (κ2) is 3.93. The number of ketones is 1. The number of aromatic hydroxyl groups is 1. The Morgan fingerprint density at radius 1 is 1.38 bits per heavy atom. The Morgan fingerprint density at radius 2 is 2.06 bits per heavy atom. The fourth-order valence-electron chi connectivity index (χ4n) is 1.87. The van der Waals surface area contributed by atoms with Crippen LogP contribution in [-0.2, 0) is 6.42 Å². The minimum Gasteiger partial charge on any atom is -0.506 e. The third-order valence-electron chi connectivity index (χ3n) is 2.63. The van der Waals surface area contributed by atoms with E-state index in [4.69, 9.17) is 0 Å². The molecule has 0 saturated carbocycles. The number of rotatable bonds is 2. The molecule has 1 N–H and O–H groups in total. The molecule has 1 aromatic heterocycles. The van der Waals surface area contributed by atoms with Gasteiger partial charge < -0.3 is 5.11 Å². The van der Waals surface area contributed by atoms with Crippen molar-refractivity contribution in [3.8, 4) is 5.75 Å². The minimum atomic E-state index is -0.146. The number of Topliss-reactive ketones (excluding diaryl/α,β-unsaturated/α-hetero) is 1. The van der Waals surface area contributed by atoms with Gasteiger partial charge in [-0.2, -0.15) is 0 Å². The van der Waals surface area contributed by atoms with Gasteiger partial charge in [-0.25, -0.2) is 0 Å². The molecule has 16 heavy (non-hydrogen) atoms. The van der Waals surface area contributed by atoms with Gasteiger partial charge in [0.15, 0.2) is 5.78 Å². The lowest BCUT2D eigenvalue weighted by Gasteiger charge is -2.09. The van der Waals surface area contributed by atoms with Crippen molar-refractivity contribution in [3.63, 3.8) is 0 Å². The smallest absolute Gasteiger partial charge is 0.165 e. The van der Waals surface area contributed by atoms with E-state index in [1.165, 1.54) is 6.92 Å². The van der Waals surface area contributed by atoms with E-state index in [2.05, 4.69) is 4.98 Å². The molecule has 0 amide bonds. The number of pyridine rings is 1. The van der Waals surface area contributed by atoms with Gasteiger partial charge in [0.2, 0.25) is 0 Å². The molecular weight excluding hydrogens is 202 g/mol. The van der Waals surface area contributed by atoms with Crippen molar-refractivity contribution in [2.24, 2.45) is 0 Å². The SMILES string of the molecule is CCc1nc2ccccc2c(O)c1C(C)=O. The highest BCUT2D eigenvalue weighted by atomic mass is 16.3. The van der Waals surface area contributed by atoms with Gasteiger partial charge in [0.25, 0.3) is 0 Å². The van der Waals surface area contributed by atoms with E-state index in [-0.39, 0.29) is 11.5 Å². The normalized spacial score (nSPS) is 10.6. The topological polar surface area (TPSA) is 50.2 Å². The van der Waals surface area contributed by atoms with E-state index >= 15 is 0 Å². The minimum absolute atomic E-state index is 0.0509. The van der Waals surface area contributed by atoms with Gasteiger partial charge in [0, 0.05) is 5.39 Å². The van der Waals surface area contributed by atoms with E-state index in [1.54, 1.807) is 6.07 Å². The predicted octanol–water partition coefficient (Wildman–Crippen LogP) is 2.71. The fraction of sp³-hybridized carbons (Fsp3) is 0.231. The average molecular weight is 215 g/mol. The summed E-state index contributed by atoms with van der Waals surface area (Å²) in [7, 11) is 0. The van der Waals surface area contributed by atoms with Crippen LogP contribution >= 0.6 is 0 Å². The molecule has 0 atom stereocenters. The van der Waals surface area contributed by atoms with Crippen LogP contribution in [0.3, 0.4) is 0 Å². The summed E-state index contributed by atoms with van der Waals surface area (Å²) < 4.78 is 0. The number of aryl methyl sites for hydroxylation is 1. The Labute approximate surface area is 93.7 Å². The maximum absolute atomic E-state index is 11.5. The summed E-state index contributed by atoms with van der Waals surface area (Å²) in [5, 5.41) is 10.7. The standard InChI is InChI=1S/C13H13NO2/c1-3-10-12(8(2)15)13(16)9-6-4-5-7-11(9)14-10/h4-7H,3H2,1-2H3,(H,14,16). The van der Waals surface area contributed by atoms with Gasteiger partial charge in [-0.1, -0.05) is 19.1 Å². The predicted molar refractivity (Wildman–Crippen MR) is 62.8 cm³/mol. The van der Waals surface area contributed by atoms with Crippen LogP contribution in [0.2, 0.25) is 0 Å². The first-order valence-corrected chi connectivity index (χ1v) is 5.26. The quantitative estimate of drug-likeness (QED) is 0.783. The van der Waals surface area contributed by atoms with Crippen molar-refractivity contribution in [2.75, 3.05) is 0 Å². The Kier molecular flexibility index (Phi) is 2.60. The number of benzene rings is 1. The van der Waals surface area contributed by atoms with Crippen molar-refractivity contribution < 1.29 is 9.90 Å². The number of aromatic nitrogens is 1. The number of nitrogens with zero attached hydrogens (tertiary/aromatic N) is 1. The average Bonchev–Trinajstić information content (AvgIpc) is 2.28. The summed E-state index contributed by atoms with van der Waals surface area (Å²) in [4.78, 5) is 15.9. The highest BCUT2D eigenvalue weighted by molar-refractivity contribution is 6.03. The summed E-state index contributed by atoms with van der Waals surface area (Å²) in [6.07, 6.45) is 0.632. The van der Waals surface area contributed by atoms with Crippen LogP contribution in [0.15, 0.2) is 24.3 Å². The van der Waals surface area contributed by atoms with Crippen molar-refractivity contribution in [1.82, 2.24) is 4.98 Å². The number of hydrogen-bond donors (Lipinski definition) is 1. The molecule has 1 heterocycles. The maximum Gasteiger partial charge on any atom is 0.165 e. The number of carbonyl (C=O) groups excluding carboxylic acids is 1. The molecule has 82 valence electrons. The Bertz CT molecular complexity index is 561. The Morgan fingerprint density at radius 3 is 2.69 bits per heavy atom. The molecule has 0 saturated heterocycles. The third-order valence-corrected chi connectivity index (χ3v) is 2.63. The maximum atomic E-state index is 11.5. The summed E-state index contributed by atoms with van der Waals surface area (Å²) in [6, 6.07) is 7.28. The fourth-order valence-corrected chi connectivity index (χ4v) is 1.87. The molecule has 0 aliphatic heterocycles. The van der Waals surface area contributed by atoms with Crippen molar-refractivity contribution in [1.29, 1.82) is 0 Å². The molecular formula is C13H13NO2. The lowest BCUT2D eigenvalue weighted by atomic mass is 10.0. The summed E-state index contributed by atoms with van der Waals surface area (Å²) in [6.45, 7) is 3.37. The van der Waals surface area contributed by atoms with Gasteiger partial charge in [-0.3, -0.25) is 9.78 Å². The molecule has 0 radical (unpaired) electrons. The number of fused-ring (bicyclic) bond motifs is 1. The Balaban J connectivity index is 2.87. The molecule has 0 aliphatic carbocycles. The zero-order chi connectivity index (χ0) is 11.7. The first-order valence-electron chi connectivity index (χ1n) is 5.26. The van der Waals surface area contributed by atoms with Crippen molar-refractivity contribution in [3.05, 3.63) is 35.5 Å².